The molecule has 0 aliphatic carbocycles. The molecular formula is C19H17ClN2O2S3. The fourth-order valence-corrected chi connectivity index (χ4v) is 4.88. The Morgan fingerprint density at radius 1 is 1.30 bits per heavy atom. The molecule has 0 aliphatic heterocycles. The molecule has 4 nitrogen and oxygen atoms in total. The lowest BCUT2D eigenvalue weighted by atomic mass is 10.1. The predicted molar refractivity (Wildman–Crippen MR) is 114 cm³/mol. The largest absolute Gasteiger partial charge is 0.494 e. The molecule has 0 fully saturated rings. The maximum Gasteiger partial charge on any atom is 0.184 e. The standard InChI is InChI=1S/C19H17ClN2O2S3/c1-3-24-17-9-4-13(12(2)23)10-14(17)11-26-18-21-22(19(25)27-18)16-7-5-15(20)6-8-16/h4-10H,3,11H2,1-2H3. The number of benzene rings is 2. The van der Waals surface area contributed by atoms with Gasteiger partial charge in [0, 0.05) is 21.9 Å². The van der Waals surface area contributed by atoms with Crippen LogP contribution in [0.25, 0.3) is 5.69 Å². The second-order valence-corrected chi connectivity index (χ2v) is 8.90. The van der Waals surface area contributed by atoms with Gasteiger partial charge in [-0.05, 0) is 68.5 Å². The molecule has 0 saturated carbocycles. The van der Waals surface area contributed by atoms with Gasteiger partial charge in [0.1, 0.15) is 5.75 Å². The summed E-state index contributed by atoms with van der Waals surface area (Å²) in [7, 11) is 0. The number of ether oxygens (including phenoxy) is 1. The maximum atomic E-state index is 11.7. The molecule has 3 aromatic rings. The Balaban J connectivity index is 1.82. The molecular weight excluding hydrogens is 420 g/mol. The molecule has 0 unspecified atom stereocenters. The number of hydrogen-bond acceptors (Lipinski definition) is 6. The van der Waals surface area contributed by atoms with Crippen LogP contribution < -0.4 is 4.74 Å². The minimum Gasteiger partial charge on any atom is -0.494 e. The van der Waals surface area contributed by atoms with Crippen molar-refractivity contribution in [1.82, 2.24) is 9.78 Å². The highest BCUT2D eigenvalue weighted by Crippen LogP contribution is 2.31. The summed E-state index contributed by atoms with van der Waals surface area (Å²) in [6, 6.07) is 12.9. The zero-order chi connectivity index (χ0) is 19.4. The molecule has 3 rings (SSSR count). The van der Waals surface area contributed by atoms with E-state index in [1.807, 2.05) is 43.3 Å². The molecule has 0 radical (unpaired) electrons. The number of ketones is 1. The average molecular weight is 437 g/mol. The van der Waals surface area contributed by atoms with Crippen LogP contribution >= 0.6 is 46.9 Å². The van der Waals surface area contributed by atoms with Gasteiger partial charge in [-0.3, -0.25) is 4.79 Å². The third-order valence-electron chi connectivity index (χ3n) is 3.72. The van der Waals surface area contributed by atoms with Gasteiger partial charge < -0.3 is 4.74 Å². The van der Waals surface area contributed by atoms with Gasteiger partial charge >= 0.3 is 0 Å². The molecule has 1 aromatic heterocycles. The molecule has 0 bridgehead atoms. The van der Waals surface area contributed by atoms with E-state index in [1.54, 1.807) is 29.4 Å². The van der Waals surface area contributed by atoms with Gasteiger partial charge in [0.2, 0.25) is 0 Å². The minimum absolute atomic E-state index is 0.0342. The second kappa shape index (κ2) is 9.01. The van der Waals surface area contributed by atoms with Crippen LogP contribution in [0, 0.1) is 3.95 Å². The Morgan fingerprint density at radius 2 is 2.04 bits per heavy atom. The number of Topliss-reactive ketones (excluding diaryl/α,β-unsaturated/α-hetero) is 1. The van der Waals surface area contributed by atoms with E-state index in [4.69, 9.17) is 28.6 Å². The van der Waals surface area contributed by atoms with Crippen LogP contribution in [0.1, 0.15) is 29.8 Å². The lowest BCUT2D eigenvalue weighted by Crippen LogP contribution is -1.99. The van der Waals surface area contributed by atoms with E-state index in [0.717, 1.165) is 21.3 Å². The van der Waals surface area contributed by atoms with Gasteiger partial charge in [0.25, 0.3) is 0 Å². The second-order valence-electron chi connectivity index (χ2n) is 5.62. The molecule has 1 heterocycles. The number of carbonyl (C=O) groups excluding carboxylic acids is 1. The van der Waals surface area contributed by atoms with Crippen LogP contribution in [-0.2, 0) is 5.75 Å². The van der Waals surface area contributed by atoms with Gasteiger partial charge in [0.05, 0.1) is 12.3 Å². The van der Waals surface area contributed by atoms with Crippen molar-refractivity contribution in [1.29, 1.82) is 0 Å². The smallest absolute Gasteiger partial charge is 0.184 e. The minimum atomic E-state index is 0.0342. The molecule has 0 N–H and O–H groups in total. The average Bonchev–Trinajstić information content (AvgIpc) is 3.02. The lowest BCUT2D eigenvalue weighted by molar-refractivity contribution is 0.101. The fourth-order valence-electron chi connectivity index (χ4n) is 2.41. The predicted octanol–water partition coefficient (Wildman–Crippen LogP) is 6.21. The van der Waals surface area contributed by atoms with E-state index in [0.29, 0.717) is 26.9 Å². The molecule has 0 saturated heterocycles. The zero-order valence-corrected chi connectivity index (χ0v) is 18.0. The van der Waals surface area contributed by atoms with Crippen LogP contribution in [0.2, 0.25) is 5.02 Å². The SMILES string of the molecule is CCOc1ccc(C(C)=O)cc1CSc1nn(-c2ccc(Cl)cc2)c(=S)s1. The van der Waals surface area contributed by atoms with Gasteiger partial charge in [-0.15, -0.1) is 5.10 Å². The summed E-state index contributed by atoms with van der Waals surface area (Å²) < 4.78 is 8.94. The molecule has 0 spiro atoms. The Morgan fingerprint density at radius 3 is 2.70 bits per heavy atom. The van der Waals surface area contributed by atoms with Crippen molar-refractivity contribution in [3.05, 3.63) is 62.6 Å². The van der Waals surface area contributed by atoms with Crippen LogP contribution in [0.5, 0.6) is 5.75 Å². The Kier molecular flexibility index (Phi) is 6.70. The number of hydrogen-bond donors (Lipinski definition) is 0. The van der Waals surface area contributed by atoms with Crippen LogP contribution in [-0.4, -0.2) is 22.2 Å². The number of carbonyl (C=O) groups is 1. The van der Waals surface area contributed by atoms with E-state index in [2.05, 4.69) is 5.10 Å². The van der Waals surface area contributed by atoms with Crippen molar-refractivity contribution >= 4 is 52.7 Å². The third-order valence-corrected chi connectivity index (χ3v) is 6.38. The highest BCUT2D eigenvalue weighted by Gasteiger charge is 2.11. The number of halogens is 1. The fraction of sp³-hybridized carbons (Fsp3) is 0.211. The summed E-state index contributed by atoms with van der Waals surface area (Å²) in [5, 5.41) is 5.27. The van der Waals surface area contributed by atoms with E-state index >= 15 is 0 Å². The summed E-state index contributed by atoms with van der Waals surface area (Å²) in [6.07, 6.45) is 0. The van der Waals surface area contributed by atoms with Crippen molar-refractivity contribution in [3.8, 4) is 11.4 Å². The molecule has 0 amide bonds. The normalized spacial score (nSPS) is 10.8. The summed E-state index contributed by atoms with van der Waals surface area (Å²) in [4.78, 5) is 11.7. The van der Waals surface area contributed by atoms with Gasteiger partial charge in [-0.1, -0.05) is 34.7 Å². The zero-order valence-electron chi connectivity index (χ0n) is 14.8. The Hall–Kier alpha value is -1.67. The first-order chi connectivity index (χ1) is 13.0. The monoisotopic (exact) mass is 436 g/mol. The molecule has 140 valence electrons. The highest BCUT2D eigenvalue weighted by molar-refractivity contribution is 8.00. The van der Waals surface area contributed by atoms with Crippen LogP contribution in [0.15, 0.2) is 46.8 Å². The first-order valence-corrected chi connectivity index (χ1v) is 10.8. The number of nitrogens with zero attached hydrogens (tertiary/aromatic N) is 2. The molecule has 2 aromatic carbocycles. The summed E-state index contributed by atoms with van der Waals surface area (Å²) in [6.45, 7) is 4.07. The van der Waals surface area contributed by atoms with Crippen molar-refractivity contribution in [2.24, 2.45) is 0 Å². The topological polar surface area (TPSA) is 44.1 Å². The quantitative estimate of drug-likeness (QED) is 0.250. The van der Waals surface area contributed by atoms with Crippen LogP contribution in [0.4, 0.5) is 0 Å². The van der Waals surface area contributed by atoms with E-state index in [-0.39, 0.29) is 5.78 Å². The Bertz CT molecular complexity index is 1010. The number of aromatic nitrogens is 2. The highest BCUT2D eigenvalue weighted by atomic mass is 35.5. The van der Waals surface area contributed by atoms with Crippen molar-refractivity contribution in [2.45, 2.75) is 23.9 Å². The summed E-state index contributed by atoms with van der Waals surface area (Å²) in [5.41, 5.74) is 2.52. The van der Waals surface area contributed by atoms with E-state index in [9.17, 15) is 4.79 Å². The van der Waals surface area contributed by atoms with E-state index in [1.165, 1.54) is 11.3 Å². The number of thioether (sulfide) groups is 1. The summed E-state index contributed by atoms with van der Waals surface area (Å²) >= 11 is 14.4. The van der Waals surface area contributed by atoms with Gasteiger partial charge in [-0.25, -0.2) is 4.68 Å². The molecule has 8 heteroatoms. The molecule has 0 atom stereocenters. The number of rotatable bonds is 7. The lowest BCUT2D eigenvalue weighted by Gasteiger charge is -2.10. The third kappa shape index (κ3) is 4.99. The first kappa shape index (κ1) is 20.1. The van der Waals surface area contributed by atoms with Crippen LogP contribution in [0.3, 0.4) is 0 Å². The van der Waals surface area contributed by atoms with Gasteiger partial charge in [-0.2, -0.15) is 0 Å². The Labute approximate surface area is 176 Å². The maximum absolute atomic E-state index is 11.7. The van der Waals surface area contributed by atoms with Gasteiger partial charge in [0.15, 0.2) is 14.1 Å². The van der Waals surface area contributed by atoms with Crippen molar-refractivity contribution in [2.75, 3.05) is 6.61 Å². The summed E-state index contributed by atoms with van der Waals surface area (Å²) in [5.74, 6) is 1.46. The molecule has 27 heavy (non-hydrogen) atoms. The van der Waals surface area contributed by atoms with Crippen molar-refractivity contribution in [3.63, 3.8) is 0 Å². The molecule has 0 aliphatic rings. The van der Waals surface area contributed by atoms with E-state index < -0.39 is 0 Å². The first-order valence-electron chi connectivity index (χ1n) is 8.23. The van der Waals surface area contributed by atoms with Crippen molar-refractivity contribution < 1.29 is 9.53 Å².